The molecule has 10 heteroatoms. The van der Waals surface area contributed by atoms with Gasteiger partial charge in [-0.1, -0.05) is 244 Å². The third-order valence-electron chi connectivity index (χ3n) is 13.6. The molecule has 1 saturated heterocycles. The summed E-state index contributed by atoms with van der Waals surface area (Å²) < 4.78 is 22.3. The molecule has 0 radical (unpaired) electrons. The van der Waals surface area contributed by atoms with Crippen LogP contribution < -0.4 is 0 Å². The molecule has 68 heavy (non-hydrogen) atoms. The first kappa shape index (κ1) is 64.2. The molecular formula is C58H108O10. The third-order valence-corrected chi connectivity index (χ3v) is 13.6. The SMILES string of the molecule is CCCCCCCCCCCCCCCC/C=C/CC/C=C/CCCC(=O)OC[C@@H](CO[C@H]1O[C@@H](CO)[C@@H](O)C(O)C1O)OC(=O)CCCCCCCCCCCCCCCCCCCCCC. The van der Waals surface area contributed by atoms with Crippen LogP contribution in [0.2, 0.25) is 0 Å². The van der Waals surface area contributed by atoms with E-state index in [1.165, 1.54) is 193 Å². The van der Waals surface area contributed by atoms with Gasteiger partial charge in [0.15, 0.2) is 12.4 Å². The minimum atomic E-state index is -1.60. The molecular weight excluding hydrogens is 857 g/mol. The van der Waals surface area contributed by atoms with Crippen LogP contribution in [-0.2, 0) is 28.5 Å². The maximum absolute atomic E-state index is 12.9. The number of allylic oxidation sites excluding steroid dienone is 4. The van der Waals surface area contributed by atoms with Gasteiger partial charge in [-0.3, -0.25) is 9.59 Å². The molecule has 10 nitrogen and oxygen atoms in total. The van der Waals surface area contributed by atoms with E-state index in [4.69, 9.17) is 18.9 Å². The molecule has 400 valence electrons. The predicted molar refractivity (Wildman–Crippen MR) is 279 cm³/mol. The van der Waals surface area contributed by atoms with E-state index in [0.717, 1.165) is 44.9 Å². The summed E-state index contributed by atoms with van der Waals surface area (Å²) in [6, 6.07) is 0. The molecule has 0 aromatic heterocycles. The summed E-state index contributed by atoms with van der Waals surface area (Å²) in [7, 11) is 0. The summed E-state index contributed by atoms with van der Waals surface area (Å²) in [5, 5.41) is 40.3. The van der Waals surface area contributed by atoms with E-state index >= 15 is 0 Å². The Kier molecular flexibility index (Phi) is 46.1. The molecule has 1 heterocycles. The molecule has 4 N–H and O–H groups in total. The van der Waals surface area contributed by atoms with E-state index in [9.17, 15) is 30.0 Å². The third kappa shape index (κ3) is 38.9. The molecule has 0 amide bonds. The van der Waals surface area contributed by atoms with Crippen molar-refractivity contribution in [2.24, 2.45) is 0 Å². The number of esters is 2. The number of carbonyl (C=O) groups is 2. The van der Waals surface area contributed by atoms with Crippen LogP contribution in [0, 0.1) is 0 Å². The van der Waals surface area contributed by atoms with Crippen molar-refractivity contribution in [2.45, 2.75) is 314 Å². The van der Waals surface area contributed by atoms with Gasteiger partial charge in [-0.15, -0.1) is 0 Å². The van der Waals surface area contributed by atoms with Gasteiger partial charge in [0.2, 0.25) is 0 Å². The second-order valence-electron chi connectivity index (χ2n) is 20.1. The monoisotopic (exact) mass is 965 g/mol. The van der Waals surface area contributed by atoms with Gasteiger partial charge in [-0.25, -0.2) is 0 Å². The van der Waals surface area contributed by atoms with Gasteiger partial charge >= 0.3 is 11.9 Å². The summed E-state index contributed by atoms with van der Waals surface area (Å²) in [6.45, 7) is 3.45. The molecule has 0 spiro atoms. The summed E-state index contributed by atoms with van der Waals surface area (Å²) in [5.41, 5.74) is 0. The van der Waals surface area contributed by atoms with Crippen molar-refractivity contribution in [2.75, 3.05) is 19.8 Å². The number of hydrogen-bond donors (Lipinski definition) is 4. The maximum atomic E-state index is 12.9. The van der Waals surface area contributed by atoms with Crippen molar-refractivity contribution < 1.29 is 49.0 Å². The lowest BCUT2D eigenvalue weighted by Gasteiger charge is -2.39. The molecule has 1 aliphatic rings. The summed E-state index contributed by atoms with van der Waals surface area (Å²) in [6.07, 6.45) is 50.7. The molecule has 1 aliphatic heterocycles. The molecule has 1 rings (SSSR count). The Balaban J connectivity index is 2.22. The van der Waals surface area contributed by atoms with E-state index in [1.54, 1.807) is 0 Å². The lowest BCUT2D eigenvalue weighted by Crippen LogP contribution is -2.59. The zero-order valence-corrected chi connectivity index (χ0v) is 44.1. The van der Waals surface area contributed by atoms with Crippen molar-refractivity contribution >= 4 is 11.9 Å². The summed E-state index contributed by atoms with van der Waals surface area (Å²) in [5.74, 6) is -0.839. The van der Waals surface area contributed by atoms with Gasteiger partial charge in [0.1, 0.15) is 31.0 Å². The number of rotatable bonds is 50. The Morgan fingerprint density at radius 3 is 1.24 bits per heavy atom. The van der Waals surface area contributed by atoms with Gasteiger partial charge < -0.3 is 39.4 Å². The second kappa shape index (κ2) is 48.8. The Morgan fingerprint density at radius 1 is 0.441 bits per heavy atom. The fourth-order valence-electron chi connectivity index (χ4n) is 9.04. The van der Waals surface area contributed by atoms with Crippen molar-refractivity contribution in [1.82, 2.24) is 0 Å². The van der Waals surface area contributed by atoms with Gasteiger partial charge in [-0.05, 0) is 44.9 Å². The topological polar surface area (TPSA) is 152 Å². The highest BCUT2D eigenvalue weighted by Gasteiger charge is 2.44. The number of ether oxygens (including phenoxy) is 4. The quantitative estimate of drug-likeness (QED) is 0.0263. The van der Waals surface area contributed by atoms with E-state index in [0.29, 0.717) is 12.8 Å². The molecule has 1 fully saturated rings. The van der Waals surface area contributed by atoms with Crippen molar-refractivity contribution in [3.8, 4) is 0 Å². The van der Waals surface area contributed by atoms with Crippen LogP contribution in [0.1, 0.15) is 277 Å². The first-order valence-electron chi connectivity index (χ1n) is 28.9. The van der Waals surface area contributed by atoms with Crippen LogP contribution >= 0.6 is 0 Å². The molecule has 0 aliphatic carbocycles. The average Bonchev–Trinajstić information content (AvgIpc) is 3.34. The Bertz CT molecular complexity index is 1160. The van der Waals surface area contributed by atoms with Crippen LogP contribution in [0.3, 0.4) is 0 Å². The van der Waals surface area contributed by atoms with Gasteiger partial charge in [0.05, 0.1) is 13.2 Å². The number of carbonyl (C=O) groups excluding carboxylic acids is 2. The summed E-state index contributed by atoms with van der Waals surface area (Å²) in [4.78, 5) is 25.5. The highest BCUT2D eigenvalue weighted by Crippen LogP contribution is 2.23. The van der Waals surface area contributed by atoms with Gasteiger partial charge in [-0.2, -0.15) is 0 Å². The minimum Gasteiger partial charge on any atom is -0.462 e. The average molecular weight is 965 g/mol. The van der Waals surface area contributed by atoms with E-state index in [2.05, 4.69) is 38.2 Å². The standard InChI is InChI=1S/C58H108O10/c1-3-5-7-9-11-13-15-17-19-21-23-25-26-27-29-30-32-34-36-38-40-42-44-46-53(60)65-49-51(50-66-58-57(64)56(63)55(62)52(48-59)68-58)67-54(61)47-45-43-41-39-37-35-33-31-28-24-22-20-18-16-14-12-10-8-6-4-2/h30,32,38,40,51-52,55-59,62-64H,3-29,31,33-37,39,41-50H2,1-2H3/b32-30+,40-38+/t51-,52-,55+,56?,57?,58-/m0/s1. The number of aliphatic hydroxyl groups excluding tert-OH is 4. The fraction of sp³-hybridized carbons (Fsp3) is 0.897. The van der Waals surface area contributed by atoms with E-state index in [1.807, 2.05) is 0 Å². The predicted octanol–water partition coefficient (Wildman–Crippen LogP) is 14.4. The largest absolute Gasteiger partial charge is 0.462 e. The van der Waals surface area contributed by atoms with Crippen molar-refractivity contribution in [1.29, 1.82) is 0 Å². The normalized spacial score (nSPS) is 19.1. The Labute approximate surface area is 417 Å². The van der Waals surface area contributed by atoms with Crippen LogP contribution in [0.5, 0.6) is 0 Å². The van der Waals surface area contributed by atoms with Crippen molar-refractivity contribution in [3.05, 3.63) is 24.3 Å². The number of unbranched alkanes of at least 4 members (excludes halogenated alkanes) is 35. The maximum Gasteiger partial charge on any atom is 0.306 e. The van der Waals surface area contributed by atoms with Gasteiger partial charge in [0, 0.05) is 12.8 Å². The highest BCUT2D eigenvalue weighted by atomic mass is 16.7. The Hall–Kier alpha value is -1.82. The Morgan fingerprint density at radius 2 is 0.809 bits per heavy atom. The lowest BCUT2D eigenvalue weighted by atomic mass is 9.99. The second-order valence-corrected chi connectivity index (χ2v) is 20.1. The zero-order chi connectivity index (χ0) is 49.4. The van der Waals surface area contributed by atoms with E-state index < -0.39 is 55.4 Å². The van der Waals surface area contributed by atoms with Gasteiger partial charge in [0.25, 0.3) is 0 Å². The molecule has 0 aromatic rings. The van der Waals surface area contributed by atoms with E-state index in [-0.39, 0.29) is 26.1 Å². The van der Waals surface area contributed by atoms with Crippen molar-refractivity contribution in [3.63, 3.8) is 0 Å². The van der Waals surface area contributed by atoms with Crippen LogP contribution in [0.25, 0.3) is 0 Å². The highest BCUT2D eigenvalue weighted by molar-refractivity contribution is 5.70. The molecule has 0 aromatic carbocycles. The fourth-order valence-corrected chi connectivity index (χ4v) is 9.04. The molecule has 0 saturated carbocycles. The first-order valence-corrected chi connectivity index (χ1v) is 28.9. The smallest absolute Gasteiger partial charge is 0.306 e. The molecule has 0 bridgehead atoms. The van der Waals surface area contributed by atoms with Crippen LogP contribution in [0.15, 0.2) is 24.3 Å². The molecule has 6 atom stereocenters. The zero-order valence-electron chi connectivity index (χ0n) is 44.1. The van der Waals surface area contributed by atoms with Crippen LogP contribution in [0.4, 0.5) is 0 Å². The summed E-state index contributed by atoms with van der Waals surface area (Å²) >= 11 is 0. The van der Waals surface area contributed by atoms with Crippen LogP contribution in [-0.4, -0.2) is 89.0 Å². The lowest BCUT2D eigenvalue weighted by molar-refractivity contribution is -0.305. The first-order chi connectivity index (χ1) is 33.3. The minimum absolute atomic E-state index is 0.219. The number of aliphatic hydroxyl groups is 4. The number of hydrogen-bond acceptors (Lipinski definition) is 10. The molecule has 2 unspecified atom stereocenters.